The second-order valence-electron chi connectivity index (χ2n) is 7.36. The summed E-state index contributed by atoms with van der Waals surface area (Å²) in [5.74, 6) is 0.815. The van der Waals surface area contributed by atoms with Gasteiger partial charge in [-0.3, -0.25) is 14.5 Å². The van der Waals surface area contributed by atoms with E-state index in [0.717, 1.165) is 60.8 Å². The van der Waals surface area contributed by atoms with Crippen LogP contribution in [0.5, 0.6) is 0 Å². The smallest absolute Gasteiger partial charge is 0.146 e. The van der Waals surface area contributed by atoms with Crippen molar-refractivity contribution in [2.24, 2.45) is 4.99 Å². The summed E-state index contributed by atoms with van der Waals surface area (Å²) in [5, 5.41) is 5.07. The van der Waals surface area contributed by atoms with Crippen LogP contribution in [0.2, 0.25) is 0 Å². The lowest BCUT2D eigenvalue weighted by molar-refractivity contribution is 0.672. The summed E-state index contributed by atoms with van der Waals surface area (Å²) in [6, 6.07) is 16.0. The SMILES string of the molecule is C=Nc1c(/C=C\C)n(-c2ccccn2)c2c1c1ccncc1c1oc3ccccc3c12. The molecule has 31 heavy (non-hydrogen) atoms. The fraction of sp³-hybridized carbons (Fsp3) is 0.0385. The quantitative estimate of drug-likeness (QED) is 0.305. The number of nitrogens with zero attached hydrogens (tertiary/aromatic N) is 4. The molecule has 4 aromatic heterocycles. The zero-order chi connectivity index (χ0) is 20.9. The molecule has 0 spiro atoms. The maximum atomic E-state index is 6.37. The van der Waals surface area contributed by atoms with E-state index in [1.165, 1.54) is 0 Å². The van der Waals surface area contributed by atoms with Crippen LogP contribution in [0.4, 0.5) is 5.69 Å². The molecule has 5 heteroatoms. The standard InChI is InChI=1S/C26H18N4O/c1-3-8-19-24(27-2)22-16-12-14-28-15-18(16)26-23(17-9-4-5-10-20(17)31-26)25(22)30(19)21-11-6-7-13-29-21/h3-15H,2H2,1H3/b8-3-. The molecule has 148 valence electrons. The monoisotopic (exact) mass is 402 g/mol. The maximum Gasteiger partial charge on any atom is 0.146 e. The van der Waals surface area contributed by atoms with Crippen LogP contribution in [0, 0.1) is 0 Å². The number of furan rings is 1. The molecule has 0 unspecified atom stereocenters. The van der Waals surface area contributed by atoms with Crippen molar-refractivity contribution >= 4 is 62.1 Å². The Morgan fingerprint density at radius 2 is 1.84 bits per heavy atom. The van der Waals surface area contributed by atoms with Crippen molar-refractivity contribution in [3.63, 3.8) is 0 Å². The number of aromatic nitrogens is 3. The zero-order valence-electron chi connectivity index (χ0n) is 16.9. The van der Waals surface area contributed by atoms with E-state index in [1.54, 1.807) is 12.4 Å². The molecule has 0 atom stereocenters. The van der Waals surface area contributed by atoms with Gasteiger partial charge < -0.3 is 4.42 Å². The molecule has 4 heterocycles. The summed E-state index contributed by atoms with van der Waals surface area (Å²) in [7, 11) is 0. The van der Waals surface area contributed by atoms with E-state index < -0.39 is 0 Å². The van der Waals surface area contributed by atoms with Gasteiger partial charge in [-0.2, -0.15) is 0 Å². The lowest BCUT2D eigenvalue weighted by atomic mass is 10.0. The van der Waals surface area contributed by atoms with Crippen molar-refractivity contribution < 1.29 is 4.42 Å². The van der Waals surface area contributed by atoms with Gasteiger partial charge in [0.15, 0.2) is 0 Å². The highest BCUT2D eigenvalue weighted by atomic mass is 16.3. The molecule has 0 saturated carbocycles. The maximum absolute atomic E-state index is 6.37. The predicted octanol–water partition coefficient (Wildman–Crippen LogP) is 6.84. The number of hydrogen-bond acceptors (Lipinski definition) is 4. The molecule has 0 bridgehead atoms. The largest absolute Gasteiger partial charge is 0.455 e. The van der Waals surface area contributed by atoms with E-state index in [9.17, 15) is 0 Å². The Labute approximate surface area is 178 Å². The summed E-state index contributed by atoms with van der Waals surface area (Å²) in [4.78, 5) is 13.5. The van der Waals surface area contributed by atoms with Crippen molar-refractivity contribution in [3.05, 3.63) is 78.9 Å². The number of rotatable bonds is 3. The Morgan fingerprint density at radius 3 is 2.65 bits per heavy atom. The predicted molar refractivity (Wildman–Crippen MR) is 128 cm³/mol. The number of pyridine rings is 2. The number of para-hydroxylation sites is 1. The van der Waals surface area contributed by atoms with Crippen molar-refractivity contribution in [3.8, 4) is 5.82 Å². The van der Waals surface area contributed by atoms with Gasteiger partial charge in [-0.15, -0.1) is 0 Å². The Morgan fingerprint density at radius 1 is 0.968 bits per heavy atom. The van der Waals surface area contributed by atoms with Crippen LogP contribution in [-0.4, -0.2) is 21.3 Å². The molecule has 0 aliphatic heterocycles. The number of hydrogen-bond donors (Lipinski definition) is 0. The number of fused-ring (bicyclic) bond motifs is 8. The molecular weight excluding hydrogens is 384 g/mol. The summed E-state index contributed by atoms with van der Waals surface area (Å²) in [6.07, 6.45) is 9.53. The summed E-state index contributed by atoms with van der Waals surface area (Å²) in [6.45, 7) is 5.91. The van der Waals surface area contributed by atoms with Crippen LogP contribution in [-0.2, 0) is 0 Å². The highest BCUT2D eigenvalue weighted by molar-refractivity contribution is 6.32. The van der Waals surface area contributed by atoms with E-state index in [-0.39, 0.29) is 0 Å². The van der Waals surface area contributed by atoms with Crippen LogP contribution in [0.25, 0.3) is 55.5 Å². The molecule has 6 aromatic rings. The molecule has 0 N–H and O–H groups in total. The van der Waals surface area contributed by atoms with Crippen molar-refractivity contribution in [1.29, 1.82) is 0 Å². The van der Waals surface area contributed by atoms with E-state index in [2.05, 4.69) is 38.4 Å². The van der Waals surface area contributed by atoms with Crippen LogP contribution in [0.1, 0.15) is 12.6 Å². The van der Waals surface area contributed by atoms with Crippen molar-refractivity contribution in [1.82, 2.24) is 14.5 Å². The third-order valence-corrected chi connectivity index (χ3v) is 5.71. The van der Waals surface area contributed by atoms with Gasteiger partial charge >= 0.3 is 0 Å². The molecule has 0 aliphatic rings. The third-order valence-electron chi connectivity index (χ3n) is 5.71. The molecule has 0 radical (unpaired) electrons. The Bertz CT molecular complexity index is 1660. The topological polar surface area (TPSA) is 56.2 Å². The molecule has 0 aliphatic carbocycles. The summed E-state index contributed by atoms with van der Waals surface area (Å²) < 4.78 is 8.53. The second-order valence-corrected chi connectivity index (χ2v) is 7.36. The van der Waals surface area contributed by atoms with E-state index >= 15 is 0 Å². The highest BCUT2D eigenvalue weighted by Gasteiger charge is 2.25. The minimum Gasteiger partial charge on any atom is -0.455 e. The molecule has 6 rings (SSSR count). The van der Waals surface area contributed by atoms with Gasteiger partial charge in [-0.05, 0) is 44.0 Å². The van der Waals surface area contributed by atoms with Crippen molar-refractivity contribution in [2.45, 2.75) is 6.92 Å². The zero-order valence-corrected chi connectivity index (χ0v) is 16.9. The first-order valence-corrected chi connectivity index (χ1v) is 10.1. The molecule has 2 aromatic carbocycles. The van der Waals surface area contributed by atoms with Gasteiger partial charge in [0.2, 0.25) is 0 Å². The van der Waals surface area contributed by atoms with Gasteiger partial charge in [-0.25, -0.2) is 4.98 Å². The molecular formula is C26H18N4O. The first-order chi connectivity index (χ1) is 15.3. The highest BCUT2D eigenvalue weighted by Crippen LogP contribution is 2.47. The molecule has 5 nitrogen and oxygen atoms in total. The van der Waals surface area contributed by atoms with Crippen LogP contribution in [0.15, 0.2) is 82.6 Å². The van der Waals surface area contributed by atoms with Gasteiger partial charge in [0.1, 0.15) is 17.0 Å². The van der Waals surface area contributed by atoms with Crippen LogP contribution >= 0.6 is 0 Å². The number of aliphatic imine (C=N–C) groups is 1. The first kappa shape index (κ1) is 17.6. The Hall–Kier alpha value is -4.25. The number of allylic oxidation sites excluding steroid dienone is 1. The molecule has 0 fully saturated rings. The Balaban J connectivity index is 2.02. The van der Waals surface area contributed by atoms with Gasteiger partial charge in [0.25, 0.3) is 0 Å². The van der Waals surface area contributed by atoms with Gasteiger partial charge in [-0.1, -0.05) is 30.3 Å². The minimum absolute atomic E-state index is 0.814. The van der Waals surface area contributed by atoms with Gasteiger partial charge in [0.05, 0.1) is 22.3 Å². The normalized spacial score (nSPS) is 12.0. The summed E-state index contributed by atoms with van der Waals surface area (Å²) in [5.41, 5.74) is 4.41. The van der Waals surface area contributed by atoms with Crippen LogP contribution in [0.3, 0.4) is 0 Å². The first-order valence-electron chi connectivity index (χ1n) is 10.1. The number of benzene rings is 2. The van der Waals surface area contributed by atoms with E-state index in [4.69, 9.17) is 4.42 Å². The minimum atomic E-state index is 0.814. The lowest BCUT2D eigenvalue weighted by Gasteiger charge is -2.09. The van der Waals surface area contributed by atoms with Gasteiger partial charge in [0, 0.05) is 40.1 Å². The average molecular weight is 402 g/mol. The van der Waals surface area contributed by atoms with E-state index in [1.807, 2.05) is 61.7 Å². The molecule has 0 saturated heterocycles. The third kappa shape index (κ3) is 2.34. The molecule has 0 amide bonds. The van der Waals surface area contributed by atoms with E-state index in [0.29, 0.717) is 0 Å². The lowest BCUT2D eigenvalue weighted by Crippen LogP contribution is -1.99. The van der Waals surface area contributed by atoms with Crippen molar-refractivity contribution in [2.75, 3.05) is 0 Å². The second kappa shape index (κ2) is 6.64. The fourth-order valence-electron chi connectivity index (χ4n) is 4.53. The summed E-state index contributed by atoms with van der Waals surface area (Å²) >= 11 is 0. The Kier molecular flexibility index (Phi) is 3.77. The average Bonchev–Trinajstić information content (AvgIpc) is 3.36. The van der Waals surface area contributed by atoms with Crippen LogP contribution < -0.4 is 0 Å². The fourth-order valence-corrected chi connectivity index (χ4v) is 4.53.